The molecule has 12 nitrogen and oxygen atoms in total. The largest absolute Gasteiger partial charge is 0.369 e. The first-order chi connectivity index (χ1) is 20.5. The Bertz CT molecular complexity index is 1180. The number of nitrogens with one attached hydrogen (secondary N) is 4. The van der Waals surface area contributed by atoms with Gasteiger partial charge >= 0.3 is 0 Å². The van der Waals surface area contributed by atoms with Crippen LogP contribution in [0.15, 0.2) is 36.4 Å². The van der Waals surface area contributed by atoms with Crippen molar-refractivity contribution in [3.63, 3.8) is 0 Å². The maximum atomic E-state index is 13.7. The number of likely N-dealkylation sites (N-methyl/N-ethyl adjacent to an activating group) is 1. The predicted octanol–water partition coefficient (Wildman–Crippen LogP) is 0.330. The zero-order valence-corrected chi connectivity index (χ0v) is 24.7. The first-order valence-corrected chi connectivity index (χ1v) is 15.7. The van der Waals surface area contributed by atoms with Gasteiger partial charge in [0.15, 0.2) is 0 Å². The molecule has 228 valence electrons. The number of amides is 2. The number of allylic oxidation sites excluding steroid dienone is 1. The second-order valence-electron chi connectivity index (χ2n) is 12.6. The molecular weight excluding hydrogens is 534 g/mol. The van der Waals surface area contributed by atoms with E-state index in [0.717, 1.165) is 51.0 Å². The Morgan fingerprint density at radius 1 is 1.00 bits per heavy atom. The Labute approximate surface area is 248 Å². The highest BCUT2D eigenvalue weighted by Gasteiger charge is 2.53. The highest BCUT2D eigenvalue weighted by atomic mass is 16.5. The number of morpholine rings is 1. The third-order valence-corrected chi connectivity index (χ3v) is 9.95. The zero-order valence-electron chi connectivity index (χ0n) is 24.7. The summed E-state index contributed by atoms with van der Waals surface area (Å²) in [6.07, 6.45) is 7.02. The third kappa shape index (κ3) is 5.29. The van der Waals surface area contributed by atoms with E-state index in [0.29, 0.717) is 25.7 Å². The van der Waals surface area contributed by atoms with E-state index in [2.05, 4.69) is 86.5 Å². The summed E-state index contributed by atoms with van der Waals surface area (Å²) < 4.78 is 5.94. The lowest BCUT2D eigenvalue weighted by Crippen LogP contribution is -2.72. The number of rotatable bonds is 3. The molecule has 2 bridgehead atoms. The minimum absolute atomic E-state index is 0.0209. The summed E-state index contributed by atoms with van der Waals surface area (Å²) in [6, 6.07) is 9.19. The number of hydrogen-bond acceptors (Lipinski definition) is 10. The normalized spacial score (nSPS) is 37.0. The first kappa shape index (κ1) is 28.1. The molecule has 6 aliphatic rings. The van der Waals surface area contributed by atoms with Gasteiger partial charge in [0.2, 0.25) is 11.8 Å². The lowest BCUT2D eigenvalue weighted by Gasteiger charge is -2.50. The van der Waals surface area contributed by atoms with Crippen molar-refractivity contribution in [3.8, 4) is 0 Å². The number of carbonyl (C=O) groups is 2. The topological polar surface area (TPSA) is 108 Å². The Morgan fingerprint density at radius 2 is 1.86 bits per heavy atom. The SMILES string of the molecule is CC1CN(c2ccc(NC3NCC4C(=O)N5C/C=C\CCCN6C(=O)COC7CCC(NC76)N5C4N3)cc2)CCN1C. The van der Waals surface area contributed by atoms with Crippen molar-refractivity contribution in [1.82, 2.24) is 35.8 Å². The van der Waals surface area contributed by atoms with Crippen LogP contribution in [0.2, 0.25) is 0 Å². The molecular formula is C30H45N9O3. The molecule has 7 unspecified atom stereocenters. The third-order valence-electron chi connectivity index (χ3n) is 9.95. The predicted molar refractivity (Wildman–Crippen MR) is 160 cm³/mol. The van der Waals surface area contributed by atoms with Gasteiger partial charge in [-0.05, 0) is 63.9 Å². The van der Waals surface area contributed by atoms with Crippen molar-refractivity contribution in [2.75, 3.05) is 63.1 Å². The molecule has 6 aliphatic heterocycles. The second-order valence-corrected chi connectivity index (χ2v) is 12.6. The number of ether oxygens (including phenoxy) is 1. The van der Waals surface area contributed by atoms with Gasteiger partial charge in [-0.1, -0.05) is 12.2 Å². The van der Waals surface area contributed by atoms with Crippen LogP contribution >= 0.6 is 0 Å². The quantitative estimate of drug-likeness (QED) is 0.375. The van der Waals surface area contributed by atoms with Crippen molar-refractivity contribution >= 4 is 23.2 Å². The van der Waals surface area contributed by atoms with Crippen LogP contribution in [0.1, 0.15) is 32.6 Å². The number of piperazine rings is 1. The van der Waals surface area contributed by atoms with Crippen LogP contribution in [0.3, 0.4) is 0 Å². The van der Waals surface area contributed by atoms with Gasteiger partial charge in [-0.25, -0.2) is 0 Å². The van der Waals surface area contributed by atoms with Crippen molar-refractivity contribution in [2.45, 2.75) is 69.5 Å². The molecule has 4 N–H and O–H groups in total. The van der Waals surface area contributed by atoms with Crippen LogP contribution in [-0.4, -0.2) is 121 Å². The second kappa shape index (κ2) is 11.7. The van der Waals surface area contributed by atoms with Crippen molar-refractivity contribution in [3.05, 3.63) is 36.4 Å². The van der Waals surface area contributed by atoms with E-state index in [1.165, 1.54) is 5.69 Å². The van der Waals surface area contributed by atoms with Gasteiger partial charge in [-0.15, -0.1) is 0 Å². The molecule has 12 heteroatoms. The molecule has 2 amide bonds. The van der Waals surface area contributed by atoms with Crippen molar-refractivity contribution in [2.24, 2.45) is 5.92 Å². The van der Waals surface area contributed by atoms with E-state index in [9.17, 15) is 9.59 Å². The van der Waals surface area contributed by atoms with Gasteiger partial charge in [-0.2, -0.15) is 5.01 Å². The molecule has 0 saturated carbocycles. The summed E-state index contributed by atoms with van der Waals surface area (Å²) in [6.45, 7) is 7.40. The maximum absolute atomic E-state index is 13.7. The van der Waals surface area contributed by atoms with E-state index in [4.69, 9.17) is 4.74 Å². The molecule has 0 spiro atoms. The minimum Gasteiger partial charge on any atom is -0.369 e. The van der Waals surface area contributed by atoms with Crippen LogP contribution < -0.4 is 26.2 Å². The summed E-state index contributed by atoms with van der Waals surface area (Å²) in [5.41, 5.74) is 2.27. The number of carbonyl (C=O) groups excluding carboxylic acids is 2. The maximum Gasteiger partial charge on any atom is 0.249 e. The van der Waals surface area contributed by atoms with E-state index in [1.807, 2.05) is 9.91 Å². The summed E-state index contributed by atoms with van der Waals surface area (Å²) in [7, 11) is 2.19. The Kier molecular flexibility index (Phi) is 7.84. The molecule has 42 heavy (non-hydrogen) atoms. The van der Waals surface area contributed by atoms with Crippen molar-refractivity contribution in [1.29, 1.82) is 0 Å². The molecule has 0 aliphatic carbocycles. The first-order valence-electron chi connectivity index (χ1n) is 15.7. The van der Waals surface area contributed by atoms with Gasteiger partial charge in [0.1, 0.15) is 19.1 Å². The van der Waals surface area contributed by atoms with E-state index in [1.54, 1.807) is 0 Å². The van der Waals surface area contributed by atoms with Crippen molar-refractivity contribution < 1.29 is 14.3 Å². The fourth-order valence-electron chi connectivity index (χ4n) is 7.39. The average Bonchev–Trinajstić information content (AvgIpc) is 3.27. The standard InChI is InChI=1S/C30H45N9O3/c1-20-18-36(16-15-35(20)2)22-9-7-21(8-10-22)32-30-31-17-23-27(34-30)39-25-12-11-24-28(33-25)37(26(40)19-42-24)13-5-3-4-6-14-38(39)29(23)41/h4,6-10,20,23-25,27-28,30-34H,3,5,11-19H2,1-2H3/b6-4-. The highest BCUT2D eigenvalue weighted by Crippen LogP contribution is 2.33. The molecule has 5 saturated heterocycles. The Morgan fingerprint density at radius 3 is 2.69 bits per heavy atom. The molecule has 5 fully saturated rings. The van der Waals surface area contributed by atoms with Gasteiger partial charge in [-0.3, -0.25) is 30.5 Å². The van der Waals surface area contributed by atoms with Gasteiger partial charge in [0.25, 0.3) is 0 Å². The van der Waals surface area contributed by atoms with Crippen LogP contribution in [0, 0.1) is 5.92 Å². The Hall–Kier alpha value is -2.74. The van der Waals surface area contributed by atoms with E-state index in [-0.39, 0.29) is 55.2 Å². The monoisotopic (exact) mass is 579 g/mol. The fourth-order valence-corrected chi connectivity index (χ4v) is 7.39. The molecule has 0 aromatic heterocycles. The number of piperidine rings is 1. The molecule has 1 aromatic carbocycles. The van der Waals surface area contributed by atoms with Gasteiger partial charge in [0, 0.05) is 50.1 Å². The fraction of sp³-hybridized carbons (Fsp3) is 0.667. The molecule has 7 rings (SSSR count). The number of benzene rings is 1. The number of fused-ring (bicyclic) bond motifs is 5. The number of hydrogen-bond donors (Lipinski definition) is 4. The lowest BCUT2D eigenvalue weighted by atomic mass is 9.99. The summed E-state index contributed by atoms with van der Waals surface area (Å²) in [5, 5.41) is 18.7. The average molecular weight is 580 g/mol. The van der Waals surface area contributed by atoms with E-state index >= 15 is 0 Å². The molecule has 1 aromatic rings. The smallest absolute Gasteiger partial charge is 0.249 e. The number of anilines is 2. The highest BCUT2D eigenvalue weighted by molar-refractivity contribution is 5.82. The Balaban J connectivity index is 1.07. The molecule has 7 atom stereocenters. The van der Waals surface area contributed by atoms with Crippen LogP contribution in [0.5, 0.6) is 0 Å². The van der Waals surface area contributed by atoms with Gasteiger partial charge in [0.05, 0.1) is 30.9 Å². The van der Waals surface area contributed by atoms with Crippen LogP contribution in [0.4, 0.5) is 11.4 Å². The van der Waals surface area contributed by atoms with E-state index < -0.39 is 0 Å². The van der Waals surface area contributed by atoms with Crippen LogP contribution in [0.25, 0.3) is 0 Å². The summed E-state index contributed by atoms with van der Waals surface area (Å²) in [4.78, 5) is 33.4. The molecule has 6 heterocycles. The number of nitrogens with zero attached hydrogens (tertiary/aromatic N) is 5. The summed E-state index contributed by atoms with van der Waals surface area (Å²) >= 11 is 0. The minimum atomic E-state index is -0.206. The zero-order chi connectivity index (χ0) is 28.8. The van der Waals surface area contributed by atoms with Gasteiger partial charge < -0.3 is 24.8 Å². The number of hydrazine groups is 1. The molecule has 0 radical (unpaired) electrons. The summed E-state index contributed by atoms with van der Waals surface area (Å²) in [5.74, 6) is -0.0409. The lowest BCUT2D eigenvalue weighted by molar-refractivity contribution is -0.176. The van der Waals surface area contributed by atoms with Crippen LogP contribution in [-0.2, 0) is 14.3 Å².